The highest BCUT2D eigenvalue weighted by molar-refractivity contribution is 6.03. The van der Waals surface area contributed by atoms with Crippen molar-refractivity contribution in [3.8, 4) is 0 Å². The summed E-state index contributed by atoms with van der Waals surface area (Å²) in [5.74, 6) is -0.0601. The van der Waals surface area contributed by atoms with E-state index in [2.05, 4.69) is 5.32 Å². The number of ether oxygens (including phenoxy) is 1. The van der Waals surface area contributed by atoms with Gasteiger partial charge < -0.3 is 15.0 Å². The first-order valence-electron chi connectivity index (χ1n) is 6.42. The third kappa shape index (κ3) is 3.54. The van der Waals surface area contributed by atoms with Gasteiger partial charge >= 0.3 is 6.03 Å². The predicted molar refractivity (Wildman–Crippen MR) is 72.5 cm³/mol. The van der Waals surface area contributed by atoms with E-state index in [-0.39, 0.29) is 11.8 Å². The molecule has 1 aromatic carbocycles. The fourth-order valence-corrected chi connectivity index (χ4v) is 2.04. The molecular formula is C14H18N2O3. The lowest BCUT2D eigenvalue weighted by Crippen LogP contribution is -2.37. The van der Waals surface area contributed by atoms with Crippen LogP contribution in [0.1, 0.15) is 23.7 Å². The van der Waals surface area contributed by atoms with Crippen LogP contribution in [0.2, 0.25) is 0 Å². The fourth-order valence-electron chi connectivity index (χ4n) is 2.04. The van der Waals surface area contributed by atoms with E-state index in [0.717, 1.165) is 6.42 Å². The van der Waals surface area contributed by atoms with Gasteiger partial charge in [-0.05, 0) is 25.5 Å². The van der Waals surface area contributed by atoms with Gasteiger partial charge in [-0.15, -0.1) is 0 Å². The predicted octanol–water partition coefficient (Wildman–Crippen LogP) is 2.14. The number of amides is 2. The molecular weight excluding hydrogens is 244 g/mol. The number of nitrogens with one attached hydrogen (secondary N) is 1. The van der Waals surface area contributed by atoms with Gasteiger partial charge in [-0.1, -0.05) is 12.1 Å². The standard InChI is InChI=1S/C14H18N2O3/c1-11(17)12-5-2-3-6-13(12)15-14(18)16-7-4-9-19-10-8-16/h2-3,5-6H,4,7-10H2,1H3,(H,15,18). The van der Waals surface area contributed by atoms with Gasteiger partial charge in [-0.3, -0.25) is 4.79 Å². The Labute approximate surface area is 112 Å². The number of hydrogen-bond donors (Lipinski definition) is 1. The molecule has 1 fully saturated rings. The third-order valence-electron chi connectivity index (χ3n) is 3.06. The highest BCUT2D eigenvalue weighted by Gasteiger charge is 2.17. The molecule has 1 N–H and O–H groups in total. The van der Waals surface area contributed by atoms with Crippen molar-refractivity contribution in [1.29, 1.82) is 0 Å². The SMILES string of the molecule is CC(=O)c1ccccc1NC(=O)N1CCCOCC1. The first-order valence-corrected chi connectivity index (χ1v) is 6.42. The number of anilines is 1. The van der Waals surface area contributed by atoms with Crippen LogP contribution in [-0.4, -0.2) is 43.0 Å². The van der Waals surface area contributed by atoms with Crippen LogP contribution < -0.4 is 5.32 Å². The van der Waals surface area contributed by atoms with Crippen molar-refractivity contribution in [1.82, 2.24) is 4.90 Å². The largest absolute Gasteiger partial charge is 0.380 e. The Balaban J connectivity index is 2.07. The third-order valence-corrected chi connectivity index (χ3v) is 3.06. The second-order valence-electron chi connectivity index (χ2n) is 4.48. The zero-order chi connectivity index (χ0) is 13.7. The Hall–Kier alpha value is -1.88. The molecule has 19 heavy (non-hydrogen) atoms. The number of Topliss-reactive ketones (excluding diaryl/α,β-unsaturated/α-hetero) is 1. The molecule has 0 unspecified atom stereocenters. The number of carbonyl (C=O) groups is 2. The average Bonchev–Trinajstić information content (AvgIpc) is 2.68. The summed E-state index contributed by atoms with van der Waals surface area (Å²) in [4.78, 5) is 25.3. The van der Waals surface area contributed by atoms with Crippen molar-refractivity contribution in [2.45, 2.75) is 13.3 Å². The number of para-hydroxylation sites is 1. The summed E-state index contributed by atoms with van der Waals surface area (Å²) < 4.78 is 5.31. The normalized spacial score (nSPS) is 15.7. The molecule has 102 valence electrons. The van der Waals surface area contributed by atoms with Crippen molar-refractivity contribution >= 4 is 17.5 Å². The topological polar surface area (TPSA) is 58.6 Å². The van der Waals surface area contributed by atoms with Crippen LogP contribution in [0.25, 0.3) is 0 Å². The van der Waals surface area contributed by atoms with E-state index in [1.54, 1.807) is 29.2 Å². The molecule has 5 nitrogen and oxygen atoms in total. The van der Waals surface area contributed by atoms with Gasteiger partial charge in [0.15, 0.2) is 5.78 Å². The first kappa shape index (κ1) is 13.5. The van der Waals surface area contributed by atoms with Crippen LogP contribution in [0.5, 0.6) is 0 Å². The zero-order valence-electron chi connectivity index (χ0n) is 11.0. The Morgan fingerprint density at radius 3 is 2.79 bits per heavy atom. The fraction of sp³-hybridized carbons (Fsp3) is 0.429. The van der Waals surface area contributed by atoms with Crippen LogP contribution >= 0.6 is 0 Å². The lowest BCUT2D eigenvalue weighted by Gasteiger charge is -2.20. The molecule has 0 bridgehead atoms. The molecule has 0 atom stereocenters. The maximum atomic E-state index is 12.1. The van der Waals surface area contributed by atoms with E-state index in [4.69, 9.17) is 4.74 Å². The summed E-state index contributed by atoms with van der Waals surface area (Å²) in [5.41, 5.74) is 1.09. The number of nitrogens with zero attached hydrogens (tertiary/aromatic N) is 1. The highest BCUT2D eigenvalue weighted by Crippen LogP contribution is 2.16. The number of carbonyl (C=O) groups excluding carboxylic acids is 2. The minimum absolute atomic E-state index is 0.0601. The summed E-state index contributed by atoms with van der Waals surface area (Å²) in [6, 6.07) is 6.85. The van der Waals surface area contributed by atoms with E-state index in [1.165, 1.54) is 6.92 Å². The maximum absolute atomic E-state index is 12.1. The summed E-state index contributed by atoms with van der Waals surface area (Å²) in [5, 5.41) is 2.80. The maximum Gasteiger partial charge on any atom is 0.321 e. The van der Waals surface area contributed by atoms with E-state index < -0.39 is 0 Å². The monoisotopic (exact) mass is 262 g/mol. The summed E-state index contributed by atoms with van der Waals surface area (Å²) in [6.45, 7) is 3.99. The molecule has 1 aromatic rings. The molecule has 1 aliphatic rings. The number of hydrogen-bond acceptors (Lipinski definition) is 3. The molecule has 1 heterocycles. The number of ketones is 1. The van der Waals surface area contributed by atoms with Crippen molar-refractivity contribution in [3.63, 3.8) is 0 Å². The average molecular weight is 262 g/mol. The second kappa shape index (κ2) is 6.33. The number of rotatable bonds is 2. The van der Waals surface area contributed by atoms with E-state index in [1.807, 2.05) is 0 Å². The Bertz CT molecular complexity index is 466. The first-order chi connectivity index (χ1) is 9.18. The minimum atomic E-state index is -0.181. The van der Waals surface area contributed by atoms with Crippen molar-refractivity contribution in [2.24, 2.45) is 0 Å². The molecule has 2 rings (SSSR count). The van der Waals surface area contributed by atoms with Gasteiger partial charge in [0.2, 0.25) is 0 Å². The van der Waals surface area contributed by atoms with Crippen molar-refractivity contribution in [3.05, 3.63) is 29.8 Å². The van der Waals surface area contributed by atoms with Gasteiger partial charge in [0.05, 0.1) is 12.3 Å². The molecule has 5 heteroatoms. The van der Waals surface area contributed by atoms with Crippen molar-refractivity contribution < 1.29 is 14.3 Å². The molecule has 1 saturated heterocycles. The molecule has 0 radical (unpaired) electrons. The molecule has 0 saturated carbocycles. The summed E-state index contributed by atoms with van der Waals surface area (Å²) in [7, 11) is 0. The molecule has 0 aliphatic carbocycles. The highest BCUT2D eigenvalue weighted by atomic mass is 16.5. The second-order valence-corrected chi connectivity index (χ2v) is 4.48. The van der Waals surface area contributed by atoms with Gasteiger partial charge in [0.25, 0.3) is 0 Å². The quantitative estimate of drug-likeness (QED) is 0.831. The number of urea groups is 1. The number of benzene rings is 1. The Kier molecular flexibility index (Phi) is 4.52. The minimum Gasteiger partial charge on any atom is -0.380 e. The molecule has 2 amide bonds. The molecule has 0 spiro atoms. The van der Waals surface area contributed by atoms with Gasteiger partial charge in [-0.25, -0.2) is 4.79 Å². The Morgan fingerprint density at radius 2 is 2.00 bits per heavy atom. The van der Waals surface area contributed by atoms with Crippen LogP contribution in [0.3, 0.4) is 0 Å². The van der Waals surface area contributed by atoms with E-state index in [9.17, 15) is 9.59 Å². The lowest BCUT2D eigenvalue weighted by atomic mass is 10.1. The van der Waals surface area contributed by atoms with Crippen LogP contribution in [0.4, 0.5) is 10.5 Å². The summed E-state index contributed by atoms with van der Waals surface area (Å²) >= 11 is 0. The van der Waals surface area contributed by atoms with Crippen LogP contribution in [-0.2, 0) is 4.74 Å². The summed E-state index contributed by atoms with van der Waals surface area (Å²) in [6.07, 6.45) is 0.835. The lowest BCUT2D eigenvalue weighted by molar-refractivity contribution is 0.101. The molecule has 0 aromatic heterocycles. The molecule has 1 aliphatic heterocycles. The smallest absolute Gasteiger partial charge is 0.321 e. The van der Waals surface area contributed by atoms with Gasteiger partial charge in [-0.2, -0.15) is 0 Å². The van der Waals surface area contributed by atoms with Crippen molar-refractivity contribution in [2.75, 3.05) is 31.6 Å². The van der Waals surface area contributed by atoms with E-state index in [0.29, 0.717) is 37.6 Å². The van der Waals surface area contributed by atoms with Crippen LogP contribution in [0.15, 0.2) is 24.3 Å². The van der Waals surface area contributed by atoms with Crippen LogP contribution in [0, 0.1) is 0 Å². The zero-order valence-corrected chi connectivity index (χ0v) is 11.0. The van der Waals surface area contributed by atoms with Gasteiger partial charge in [0.1, 0.15) is 0 Å². The van der Waals surface area contributed by atoms with Gasteiger partial charge in [0, 0.05) is 25.3 Å². The Morgan fingerprint density at radius 1 is 1.21 bits per heavy atom. The van der Waals surface area contributed by atoms with E-state index >= 15 is 0 Å².